The highest BCUT2D eigenvalue weighted by molar-refractivity contribution is 9.10. The second-order valence-electron chi connectivity index (χ2n) is 2.17. The Bertz CT molecular complexity index is 309. The third-order valence-corrected chi connectivity index (χ3v) is 2.20. The summed E-state index contributed by atoms with van der Waals surface area (Å²) in [5.74, 6) is 0.438. The normalized spacial score (nSPS) is 9.50. The van der Waals surface area contributed by atoms with Gasteiger partial charge in [0.1, 0.15) is 22.3 Å². The molecule has 0 unspecified atom stereocenters. The molecular weight excluding hydrogens is 224 g/mol. The molecule has 0 amide bonds. The van der Waals surface area contributed by atoms with E-state index in [4.69, 9.17) is 4.74 Å². The number of methoxy groups -OCH3 is 1. The average Bonchev–Trinajstić information content (AvgIpc) is 2.09. The van der Waals surface area contributed by atoms with E-state index in [2.05, 4.69) is 15.9 Å². The molecule has 1 N–H and O–H groups in total. The van der Waals surface area contributed by atoms with Crippen LogP contribution in [0.25, 0.3) is 0 Å². The lowest BCUT2D eigenvalue weighted by Gasteiger charge is -2.04. The fraction of sp³-hybridized carbons (Fsp3) is 0.125. The number of ether oxygens (including phenoxy) is 1. The molecule has 0 aliphatic rings. The number of benzene rings is 1. The van der Waals surface area contributed by atoms with Gasteiger partial charge in [0.15, 0.2) is 0 Å². The first kappa shape index (κ1) is 9.06. The zero-order valence-electron chi connectivity index (χ0n) is 6.37. The monoisotopic (exact) mass is 230 g/mol. The Hall–Kier alpha value is -1.03. The predicted molar refractivity (Wildman–Crippen MR) is 47.7 cm³/mol. The lowest BCUT2D eigenvalue weighted by molar-refractivity contribution is 0.112. The number of carbonyl (C=O) groups is 1. The minimum atomic E-state index is -0.00329. The molecule has 0 aliphatic carbocycles. The van der Waals surface area contributed by atoms with E-state index < -0.39 is 0 Å². The Morgan fingerprint density at radius 3 is 2.75 bits per heavy atom. The number of rotatable bonds is 2. The fourth-order valence-electron chi connectivity index (χ4n) is 0.820. The van der Waals surface area contributed by atoms with Crippen LogP contribution in [-0.2, 0) is 0 Å². The van der Waals surface area contributed by atoms with Crippen molar-refractivity contribution in [1.82, 2.24) is 0 Å². The van der Waals surface area contributed by atoms with E-state index in [1.807, 2.05) is 0 Å². The maximum atomic E-state index is 10.4. The van der Waals surface area contributed by atoms with Gasteiger partial charge in [-0.3, -0.25) is 4.79 Å². The molecule has 0 spiro atoms. The molecule has 0 bridgehead atoms. The van der Waals surface area contributed by atoms with Gasteiger partial charge in [-0.15, -0.1) is 0 Å². The summed E-state index contributed by atoms with van der Waals surface area (Å²) in [7, 11) is 1.47. The molecule has 0 heterocycles. The van der Waals surface area contributed by atoms with Crippen LogP contribution >= 0.6 is 15.9 Å². The lowest BCUT2D eigenvalue weighted by Crippen LogP contribution is -1.87. The zero-order chi connectivity index (χ0) is 9.14. The molecule has 0 aliphatic heterocycles. The highest BCUT2D eigenvalue weighted by Crippen LogP contribution is 2.34. The van der Waals surface area contributed by atoms with Crippen molar-refractivity contribution in [1.29, 1.82) is 0 Å². The number of halogens is 1. The second kappa shape index (κ2) is 3.58. The van der Waals surface area contributed by atoms with Crippen LogP contribution in [0.3, 0.4) is 0 Å². The molecule has 1 rings (SSSR count). The van der Waals surface area contributed by atoms with Crippen LogP contribution in [0.4, 0.5) is 0 Å². The Balaban J connectivity index is 3.28. The molecule has 3 nitrogen and oxygen atoms in total. The largest absolute Gasteiger partial charge is 0.507 e. The van der Waals surface area contributed by atoms with E-state index in [1.54, 1.807) is 0 Å². The average molecular weight is 231 g/mol. The van der Waals surface area contributed by atoms with Crippen molar-refractivity contribution in [2.75, 3.05) is 7.11 Å². The van der Waals surface area contributed by atoms with Crippen LogP contribution in [-0.4, -0.2) is 18.5 Å². The summed E-state index contributed by atoms with van der Waals surface area (Å²) in [6, 6.07) is 2.90. The number of hydrogen-bond acceptors (Lipinski definition) is 3. The van der Waals surface area contributed by atoms with Crippen LogP contribution in [0.15, 0.2) is 16.6 Å². The third-order valence-electron chi connectivity index (χ3n) is 1.40. The lowest BCUT2D eigenvalue weighted by atomic mass is 10.2. The number of hydrogen-bond donors (Lipinski definition) is 1. The summed E-state index contributed by atoms with van der Waals surface area (Å²) in [4.78, 5) is 10.4. The SMILES string of the molecule is COc1cc(C=O)cc(O)c1Br. The summed E-state index contributed by atoms with van der Waals surface area (Å²) in [5.41, 5.74) is 0.382. The van der Waals surface area contributed by atoms with Crippen LogP contribution in [0, 0.1) is 0 Å². The molecule has 1 aromatic carbocycles. The maximum absolute atomic E-state index is 10.4. The van der Waals surface area contributed by atoms with Gasteiger partial charge >= 0.3 is 0 Å². The van der Waals surface area contributed by atoms with Gasteiger partial charge in [0.25, 0.3) is 0 Å². The van der Waals surface area contributed by atoms with Gasteiger partial charge in [0.05, 0.1) is 7.11 Å². The highest BCUT2D eigenvalue weighted by atomic mass is 79.9. The first-order chi connectivity index (χ1) is 5.69. The van der Waals surface area contributed by atoms with Crippen molar-refractivity contribution < 1.29 is 14.6 Å². The summed E-state index contributed by atoms with van der Waals surface area (Å²) >= 11 is 3.11. The number of phenolic OH excluding ortho intramolecular Hbond substituents is 1. The van der Waals surface area contributed by atoms with E-state index >= 15 is 0 Å². The van der Waals surface area contributed by atoms with Crippen molar-refractivity contribution in [3.63, 3.8) is 0 Å². The third kappa shape index (κ3) is 1.58. The Labute approximate surface area is 78.1 Å². The summed E-state index contributed by atoms with van der Waals surface area (Å²) < 4.78 is 5.36. The van der Waals surface area contributed by atoms with Crippen LogP contribution < -0.4 is 4.74 Å². The molecule has 0 saturated carbocycles. The van der Waals surface area contributed by atoms with Gasteiger partial charge < -0.3 is 9.84 Å². The fourth-order valence-corrected chi connectivity index (χ4v) is 1.21. The maximum Gasteiger partial charge on any atom is 0.150 e. The molecule has 0 radical (unpaired) electrons. The van der Waals surface area contributed by atoms with Crippen LogP contribution in [0.5, 0.6) is 11.5 Å². The van der Waals surface area contributed by atoms with Crippen LogP contribution in [0.2, 0.25) is 0 Å². The van der Waals surface area contributed by atoms with Gasteiger partial charge in [-0.2, -0.15) is 0 Å². The number of aromatic hydroxyl groups is 1. The van der Waals surface area contributed by atoms with Gasteiger partial charge in [-0.25, -0.2) is 0 Å². The molecule has 4 heteroatoms. The second-order valence-corrected chi connectivity index (χ2v) is 2.97. The van der Waals surface area contributed by atoms with E-state index in [1.165, 1.54) is 19.2 Å². The van der Waals surface area contributed by atoms with E-state index in [9.17, 15) is 9.90 Å². The highest BCUT2D eigenvalue weighted by Gasteiger charge is 2.07. The van der Waals surface area contributed by atoms with Gasteiger partial charge in [0.2, 0.25) is 0 Å². The summed E-state index contributed by atoms with van der Waals surface area (Å²) in [6.45, 7) is 0. The Morgan fingerprint density at radius 1 is 1.58 bits per heavy atom. The number of aldehydes is 1. The zero-order valence-corrected chi connectivity index (χ0v) is 7.96. The van der Waals surface area contributed by atoms with Crippen LogP contribution in [0.1, 0.15) is 10.4 Å². The van der Waals surface area contributed by atoms with Crippen molar-refractivity contribution in [2.45, 2.75) is 0 Å². The number of phenols is 1. The van der Waals surface area contributed by atoms with Gasteiger partial charge in [-0.05, 0) is 28.1 Å². The first-order valence-corrected chi connectivity index (χ1v) is 4.00. The van der Waals surface area contributed by atoms with Gasteiger partial charge in [-0.1, -0.05) is 0 Å². The standard InChI is InChI=1S/C8H7BrO3/c1-12-7-3-5(4-10)2-6(11)8(7)9/h2-4,11H,1H3. The van der Waals surface area contributed by atoms with E-state index in [-0.39, 0.29) is 5.75 Å². The molecular formula is C8H7BrO3. The summed E-state index contributed by atoms with van der Waals surface area (Å²) in [6.07, 6.45) is 0.648. The molecule has 0 saturated heterocycles. The number of carbonyl (C=O) groups excluding carboxylic acids is 1. The van der Waals surface area contributed by atoms with Crippen molar-refractivity contribution in [3.05, 3.63) is 22.2 Å². The van der Waals surface area contributed by atoms with Crippen molar-refractivity contribution in [2.24, 2.45) is 0 Å². The minimum absolute atomic E-state index is 0.00329. The molecule has 0 aromatic heterocycles. The minimum Gasteiger partial charge on any atom is -0.507 e. The summed E-state index contributed by atoms with van der Waals surface area (Å²) in [5, 5.41) is 9.26. The molecule has 64 valence electrons. The smallest absolute Gasteiger partial charge is 0.150 e. The molecule has 0 fully saturated rings. The quantitative estimate of drug-likeness (QED) is 0.791. The van der Waals surface area contributed by atoms with E-state index in [0.29, 0.717) is 22.1 Å². The first-order valence-electron chi connectivity index (χ1n) is 3.20. The van der Waals surface area contributed by atoms with Gasteiger partial charge in [0, 0.05) is 5.56 Å². The van der Waals surface area contributed by atoms with Crippen molar-refractivity contribution in [3.8, 4) is 11.5 Å². The van der Waals surface area contributed by atoms with Crippen molar-refractivity contribution >= 4 is 22.2 Å². The topological polar surface area (TPSA) is 46.5 Å². The Morgan fingerprint density at radius 2 is 2.25 bits per heavy atom. The molecule has 1 aromatic rings. The predicted octanol–water partition coefficient (Wildman–Crippen LogP) is 1.98. The molecule has 0 atom stereocenters. The molecule has 12 heavy (non-hydrogen) atoms. The van der Waals surface area contributed by atoms with E-state index in [0.717, 1.165) is 0 Å². The Kier molecular flexibility index (Phi) is 2.70.